The fraction of sp³-hybridized carbons (Fsp3) is 0.340. The molecule has 19 nitrogen and oxygen atoms in total. The number of piperazine rings is 1. The van der Waals surface area contributed by atoms with Gasteiger partial charge in [0.25, 0.3) is 5.91 Å². The summed E-state index contributed by atoms with van der Waals surface area (Å²) in [5.74, 6) is 0.699. The molecule has 8 rings (SSSR count). The van der Waals surface area contributed by atoms with Gasteiger partial charge in [-0.05, 0) is 140 Å². The monoisotopic (exact) mass is 1040 g/mol. The van der Waals surface area contributed by atoms with Gasteiger partial charge in [0.15, 0.2) is 11.6 Å². The summed E-state index contributed by atoms with van der Waals surface area (Å²) in [6.07, 6.45) is 1.27. The number of ether oxygens (including phenoxy) is 5. The van der Waals surface area contributed by atoms with E-state index in [1.165, 1.54) is 28.0 Å². The van der Waals surface area contributed by atoms with Gasteiger partial charge >= 0.3 is 12.2 Å². The molecule has 2 heterocycles. The van der Waals surface area contributed by atoms with Gasteiger partial charge in [0.05, 0.1) is 61.4 Å². The van der Waals surface area contributed by atoms with Crippen LogP contribution in [0.15, 0.2) is 109 Å². The van der Waals surface area contributed by atoms with Gasteiger partial charge in [0, 0.05) is 31.2 Å². The zero-order valence-electron chi connectivity index (χ0n) is 40.9. The smallest absolute Gasteiger partial charge is 0.416 e. The third kappa shape index (κ3) is 13.6. The van der Waals surface area contributed by atoms with Crippen LogP contribution >= 0.6 is 11.6 Å². The first-order valence-corrected chi connectivity index (χ1v) is 24.3. The van der Waals surface area contributed by atoms with Gasteiger partial charge in [-0.2, -0.15) is 0 Å². The van der Waals surface area contributed by atoms with Crippen molar-refractivity contribution < 1.29 is 73.0 Å². The molecule has 4 N–H and O–H groups in total. The lowest BCUT2D eigenvalue weighted by Crippen LogP contribution is -2.66. The Balaban J connectivity index is 1.10. The molecule has 3 aliphatic rings. The molecule has 5 aromatic carbocycles. The first-order chi connectivity index (χ1) is 35.6. The minimum Gasteiger partial charge on any atom is -0.496 e. The number of nitrogens with zero attached hydrogens (tertiary/aromatic N) is 5. The van der Waals surface area contributed by atoms with Gasteiger partial charge in [-0.15, -0.1) is 0 Å². The Labute approximate surface area is 431 Å². The summed E-state index contributed by atoms with van der Waals surface area (Å²) in [4.78, 5) is 58.9. The van der Waals surface area contributed by atoms with Crippen molar-refractivity contribution in [2.24, 2.45) is 0 Å². The maximum Gasteiger partial charge on any atom is 0.416 e. The van der Waals surface area contributed by atoms with Crippen molar-refractivity contribution in [2.45, 2.75) is 83.8 Å². The van der Waals surface area contributed by atoms with E-state index in [-0.39, 0.29) is 85.7 Å². The lowest BCUT2D eigenvalue weighted by Gasteiger charge is -2.50. The van der Waals surface area contributed by atoms with Crippen LogP contribution in [0.4, 0.5) is 14.0 Å². The maximum atomic E-state index is 15.7. The van der Waals surface area contributed by atoms with E-state index in [0.717, 1.165) is 24.0 Å². The van der Waals surface area contributed by atoms with Crippen LogP contribution in [0.1, 0.15) is 65.5 Å². The van der Waals surface area contributed by atoms with Crippen molar-refractivity contribution in [1.82, 2.24) is 25.5 Å². The van der Waals surface area contributed by atoms with E-state index in [1.54, 1.807) is 56.5 Å². The van der Waals surface area contributed by atoms with Gasteiger partial charge in [-0.1, -0.05) is 60.1 Å². The van der Waals surface area contributed by atoms with Crippen molar-refractivity contribution in [2.75, 3.05) is 33.4 Å². The second-order valence-electron chi connectivity index (χ2n) is 18.1. The second kappa shape index (κ2) is 24.5. The van der Waals surface area contributed by atoms with Gasteiger partial charge in [-0.3, -0.25) is 30.5 Å². The number of unbranched alkanes of at least 4 members (excludes halogenated alkanes) is 1. The Morgan fingerprint density at radius 2 is 1.36 bits per heavy atom. The molecule has 74 heavy (non-hydrogen) atoms. The number of hydrogen-bond acceptors (Lipinski definition) is 16. The highest BCUT2D eigenvalue weighted by Gasteiger charge is 2.50. The molecular weight excluding hydrogens is 985 g/mol. The Hall–Kier alpha value is -6.85. The first-order valence-electron chi connectivity index (χ1n) is 23.9. The van der Waals surface area contributed by atoms with Crippen LogP contribution in [0.25, 0.3) is 5.57 Å². The zero-order chi connectivity index (χ0) is 52.5. The molecule has 0 aromatic heterocycles. The molecule has 2 fully saturated rings. The van der Waals surface area contributed by atoms with Crippen LogP contribution in [0.5, 0.6) is 28.7 Å². The fourth-order valence-electron chi connectivity index (χ4n) is 9.15. The number of rotatable bonds is 21. The summed E-state index contributed by atoms with van der Waals surface area (Å²) in [5, 5.41) is 35.8. The number of amides is 3. The normalized spacial score (nSPS) is 16.4. The van der Waals surface area contributed by atoms with Crippen LogP contribution < -0.4 is 23.7 Å². The van der Waals surface area contributed by atoms with E-state index < -0.39 is 40.9 Å². The third-order valence-electron chi connectivity index (χ3n) is 12.7. The van der Waals surface area contributed by atoms with E-state index in [4.69, 9.17) is 65.8 Å². The highest BCUT2D eigenvalue weighted by atomic mass is 35.5. The molecule has 3 amide bonds. The molecule has 21 heteroatoms. The average molecular weight is 1040 g/mol. The summed E-state index contributed by atoms with van der Waals surface area (Å²) in [6.45, 7) is 3.80. The number of carbonyl (C=O) groups is 3. The highest BCUT2D eigenvalue weighted by Crippen LogP contribution is 2.42. The maximum absolute atomic E-state index is 15.7. The van der Waals surface area contributed by atoms with E-state index in [2.05, 4.69) is 0 Å². The first kappa shape index (κ1) is 53.4. The number of halogens is 2. The van der Waals surface area contributed by atoms with Crippen LogP contribution in [-0.2, 0) is 34.2 Å². The van der Waals surface area contributed by atoms with Crippen molar-refractivity contribution in [3.63, 3.8) is 0 Å². The number of fused-ring (bicyclic) bond motifs is 2. The summed E-state index contributed by atoms with van der Waals surface area (Å²) in [6, 6.07) is 26.8. The lowest BCUT2D eigenvalue weighted by atomic mass is 9.81. The predicted octanol–water partition coefficient (Wildman–Crippen LogP) is 9.47. The Kier molecular flexibility index (Phi) is 17.7. The van der Waals surface area contributed by atoms with Crippen molar-refractivity contribution in [3.05, 3.63) is 153 Å². The molecular formula is C53H57ClFN5O14. The standard InChI is InChI=1S/C53H57ClFN5O14/c1-33-22-45(54)50(46(55)23-33)70-21-5-4-20-69-41-17-13-38(14-18-41)44-27-40-29-56(52(62)73-42-10-6-8-36(25-42)31-71-59(64)65)30-47(58(40)53(63)74-43-11-7-9-37(26-43)32-72-60(66)67)49(44)51(61)57(39-15-16-39)28-35-12-19-48(68-3)34(2)24-35/h6-14,17-19,22-26,39-40,47,64-67H,4-5,15-16,20-21,27-32H2,1-3H3. The molecule has 0 spiro atoms. The predicted molar refractivity (Wildman–Crippen MR) is 262 cm³/mol. The molecule has 1 saturated heterocycles. The van der Waals surface area contributed by atoms with Crippen molar-refractivity contribution >= 4 is 35.3 Å². The minimum absolute atomic E-state index is 0.0158. The second-order valence-corrected chi connectivity index (χ2v) is 18.5. The Morgan fingerprint density at radius 3 is 1.96 bits per heavy atom. The molecule has 1 saturated carbocycles. The van der Waals surface area contributed by atoms with E-state index in [1.807, 2.05) is 54.3 Å². The molecule has 2 bridgehead atoms. The highest BCUT2D eigenvalue weighted by molar-refractivity contribution is 6.32. The SMILES string of the molecule is COc1ccc(CN(C(=O)C2=C(c3ccc(OCCCCOc4c(F)cc(C)cc4Cl)cc3)CC3CN(C(=O)Oc4cccc(CON(O)O)c4)CC2N3C(=O)Oc2cccc(CON(O)O)c2)C2CC2)cc1C. The van der Waals surface area contributed by atoms with Crippen LogP contribution in [0, 0.1) is 19.7 Å². The largest absolute Gasteiger partial charge is 0.496 e. The summed E-state index contributed by atoms with van der Waals surface area (Å²) < 4.78 is 43.6. The van der Waals surface area contributed by atoms with E-state index in [0.29, 0.717) is 58.8 Å². The minimum atomic E-state index is -1.06. The summed E-state index contributed by atoms with van der Waals surface area (Å²) in [7, 11) is 1.60. The van der Waals surface area contributed by atoms with E-state index in [9.17, 15) is 14.0 Å². The molecule has 2 aliphatic heterocycles. The van der Waals surface area contributed by atoms with Crippen molar-refractivity contribution in [3.8, 4) is 28.7 Å². The Bertz CT molecular complexity index is 2810. The molecule has 2 unspecified atom stereocenters. The number of aryl methyl sites for hydroxylation is 2. The summed E-state index contributed by atoms with van der Waals surface area (Å²) >= 11 is 6.20. The quantitative estimate of drug-likeness (QED) is 0.0398. The van der Waals surface area contributed by atoms with Gasteiger partial charge in [0.2, 0.25) is 0 Å². The van der Waals surface area contributed by atoms with E-state index >= 15 is 4.79 Å². The molecule has 5 aromatic rings. The number of carbonyl (C=O) groups excluding carboxylic acids is 3. The number of benzene rings is 5. The van der Waals surface area contributed by atoms with Crippen LogP contribution in [-0.4, -0.2) is 116 Å². The van der Waals surface area contributed by atoms with Crippen LogP contribution in [0.3, 0.4) is 0 Å². The molecule has 0 radical (unpaired) electrons. The van der Waals surface area contributed by atoms with Gasteiger partial charge in [0.1, 0.15) is 23.0 Å². The summed E-state index contributed by atoms with van der Waals surface area (Å²) in [5.41, 5.74) is 5.04. The topological polar surface area (TPSA) is 213 Å². The molecule has 392 valence electrons. The fourth-order valence-corrected chi connectivity index (χ4v) is 9.46. The average Bonchev–Trinajstić information content (AvgIpc) is 4.22. The molecule has 2 atom stereocenters. The lowest BCUT2D eigenvalue weighted by molar-refractivity contribution is -0.497. The van der Waals surface area contributed by atoms with Gasteiger partial charge in [-0.25, -0.2) is 23.7 Å². The third-order valence-corrected chi connectivity index (χ3v) is 13.0. The number of hydrogen-bond donors (Lipinski definition) is 4. The zero-order valence-corrected chi connectivity index (χ0v) is 41.7. The number of methoxy groups -OCH3 is 1. The Morgan fingerprint density at radius 1 is 0.730 bits per heavy atom. The van der Waals surface area contributed by atoms with Crippen molar-refractivity contribution in [1.29, 1.82) is 0 Å². The van der Waals surface area contributed by atoms with Crippen LogP contribution in [0.2, 0.25) is 5.02 Å². The van der Waals surface area contributed by atoms with Gasteiger partial charge < -0.3 is 33.5 Å². The molecule has 1 aliphatic carbocycles.